The van der Waals surface area contributed by atoms with Crippen molar-refractivity contribution in [2.24, 2.45) is 4.99 Å². The van der Waals surface area contributed by atoms with Gasteiger partial charge >= 0.3 is 5.97 Å². The number of allylic oxidation sites excluding steroid dienone is 1. The summed E-state index contributed by atoms with van der Waals surface area (Å²) in [5.74, 6) is -1.30. The van der Waals surface area contributed by atoms with Crippen molar-refractivity contribution in [2.45, 2.75) is 44.0 Å². The van der Waals surface area contributed by atoms with Crippen molar-refractivity contribution in [3.05, 3.63) is 12.3 Å². The summed E-state index contributed by atoms with van der Waals surface area (Å²) in [5, 5.41) is 6.38. The van der Waals surface area contributed by atoms with Gasteiger partial charge in [-0.2, -0.15) is 0 Å². The van der Waals surface area contributed by atoms with Crippen LogP contribution in [-0.2, 0) is 24.0 Å². The van der Waals surface area contributed by atoms with E-state index in [9.17, 15) is 19.2 Å². The number of hydrogen-bond acceptors (Lipinski definition) is 8. The number of nitrogens with one attached hydrogen (secondary N) is 2. The van der Waals surface area contributed by atoms with Crippen molar-refractivity contribution in [3.63, 3.8) is 0 Å². The van der Waals surface area contributed by atoms with Gasteiger partial charge in [-0.1, -0.05) is 6.42 Å². The fourth-order valence-electron chi connectivity index (χ4n) is 2.25. The van der Waals surface area contributed by atoms with E-state index in [1.54, 1.807) is 18.5 Å². The van der Waals surface area contributed by atoms with E-state index < -0.39 is 17.8 Å². The van der Waals surface area contributed by atoms with Gasteiger partial charge in [-0.3, -0.25) is 19.4 Å². The maximum atomic E-state index is 11.7. The molecule has 0 aliphatic carbocycles. The summed E-state index contributed by atoms with van der Waals surface area (Å²) < 4.78 is 0. The number of amides is 3. The molecule has 1 fully saturated rings. The maximum Gasteiger partial charge on any atom is 0.333 e. The zero-order valence-electron chi connectivity index (χ0n) is 14.3. The van der Waals surface area contributed by atoms with Gasteiger partial charge in [0.25, 0.3) is 11.8 Å². The van der Waals surface area contributed by atoms with Crippen LogP contribution in [0.1, 0.15) is 38.5 Å². The van der Waals surface area contributed by atoms with E-state index in [1.807, 2.05) is 0 Å². The van der Waals surface area contributed by atoms with E-state index in [0.29, 0.717) is 23.8 Å². The third kappa shape index (κ3) is 6.87. The maximum absolute atomic E-state index is 11.7. The Morgan fingerprint density at radius 2 is 2.04 bits per heavy atom. The lowest BCUT2D eigenvalue weighted by Gasteiger charge is -2.14. The number of aliphatic imine (C=N–C) groups is 1. The molecule has 2 rings (SSSR count). The van der Waals surface area contributed by atoms with Gasteiger partial charge in [-0.05, 0) is 18.9 Å². The van der Waals surface area contributed by atoms with Crippen LogP contribution in [-0.4, -0.2) is 52.8 Å². The first-order valence-electron chi connectivity index (χ1n) is 8.45. The first kappa shape index (κ1) is 20.0. The smallest absolute Gasteiger partial charge is 0.333 e. The van der Waals surface area contributed by atoms with Gasteiger partial charge in [-0.15, -0.1) is 16.8 Å². The average Bonchev–Trinajstić information content (AvgIpc) is 2.95. The van der Waals surface area contributed by atoms with E-state index in [4.69, 9.17) is 4.84 Å². The summed E-state index contributed by atoms with van der Waals surface area (Å²) in [4.78, 5) is 54.9. The SMILES string of the molecule is O=C(CSC1N=CC=CN1)NCCCCCC(=O)ON1C(=O)CCC1=O. The highest BCUT2D eigenvalue weighted by molar-refractivity contribution is 8.00. The van der Waals surface area contributed by atoms with E-state index >= 15 is 0 Å². The van der Waals surface area contributed by atoms with Crippen molar-refractivity contribution in [1.29, 1.82) is 0 Å². The van der Waals surface area contributed by atoms with Crippen LogP contribution >= 0.6 is 11.8 Å². The second kappa shape index (κ2) is 10.6. The molecule has 1 saturated heterocycles. The normalized spacial score (nSPS) is 18.8. The molecule has 26 heavy (non-hydrogen) atoms. The minimum absolute atomic E-state index is 0.0629. The number of imide groups is 1. The molecule has 1 unspecified atom stereocenters. The number of nitrogens with zero attached hydrogens (tertiary/aromatic N) is 2. The molecule has 0 radical (unpaired) electrons. The molecule has 0 saturated carbocycles. The van der Waals surface area contributed by atoms with Crippen LogP contribution in [0.25, 0.3) is 0 Å². The van der Waals surface area contributed by atoms with Gasteiger partial charge in [-0.25, -0.2) is 4.79 Å². The molecule has 9 nitrogen and oxygen atoms in total. The molecular weight excluding hydrogens is 360 g/mol. The molecular formula is C16H22N4O5S. The monoisotopic (exact) mass is 382 g/mol. The summed E-state index contributed by atoms with van der Waals surface area (Å²) in [6.07, 6.45) is 7.57. The lowest BCUT2D eigenvalue weighted by atomic mass is 10.2. The van der Waals surface area contributed by atoms with Crippen LogP contribution in [0.15, 0.2) is 17.3 Å². The third-order valence-electron chi connectivity index (χ3n) is 3.59. The second-order valence-electron chi connectivity index (χ2n) is 5.69. The third-order valence-corrected chi connectivity index (χ3v) is 4.60. The Hall–Kier alpha value is -2.36. The van der Waals surface area contributed by atoms with Crippen LogP contribution < -0.4 is 10.6 Å². The number of carbonyl (C=O) groups excluding carboxylic acids is 4. The van der Waals surface area contributed by atoms with Crippen molar-refractivity contribution in [1.82, 2.24) is 15.7 Å². The minimum Gasteiger partial charge on any atom is -0.361 e. The quantitative estimate of drug-likeness (QED) is 0.417. The zero-order chi connectivity index (χ0) is 18.8. The Balaban J connectivity index is 1.46. The number of unbranched alkanes of at least 4 members (excludes halogenated alkanes) is 2. The standard InChI is InChI=1S/C16H22N4O5S/c21-12(11-26-16-18-9-4-10-19-16)17-8-3-1-2-5-15(24)25-20-13(22)6-7-14(20)23/h4,9-10,16,18H,1-3,5-8,11H2,(H,17,21). The topological polar surface area (TPSA) is 117 Å². The lowest BCUT2D eigenvalue weighted by molar-refractivity contribution is -0.197. The van der Waals surface area contributed by atoms with E-state index in [0.717, 1.165) is 12.8 Å². The fraction of sp³-hybridized carbons (Fsp3) is 0.562. The molecule has 3 amide bonds. The van der Waals surface area contributed by atoms with Crippen molar-refractivity contribution < 1.29 is 24.0 Å². The van der Waals surface area contributed by atoms with Crippen LogP contribution in [0.3, 0.4) is 0 Å². The predicted molar refractivity (Wildman–Crippen MR) is 95.7 cm³/mol. The van der Waals surface area contributed by atoms with E-state index in [-0.39, 0.29) is 30.7 Å². The molecule has 1 atom stereocenters. The van der Waals surface area contributed by atoms with Crippen molar-refractivity contribution >= 4 is 41.7 Å². The number of rotatable bonds is 10. The average molecular weight is 382 g/mol. The fourth-order valence-corrected chi connectivity index (χ4v) is 3.00. The Bertz CT molecular complexity index is 591. The lowest BCUT2D eigenvalue weighted by Crippen LogP contribution is -2.32. The molecule has 0 bridgehead atoms. The van der Waals surface area contributed by atoms with Crippen LogP contribution in [0, 0.1) is 0 Å². The van der Waals surface area contributed by atoms with Gasteiger partial charge in [0.15, 0.2) is 5.50 Å². The van der Waals surface area contributed by atoms with E-state index in [1.165, 1.54) is 11.8 Å². The van der Waals surface area contributed by atoms with Gasteiger partial charge in [0.1, 0.15) is 0 Å². The van der Waals surface area contributed by atoms with E-state index in [2.05, 4.69) is 15.6 Å². The minimum atomic E-state index is -0.594. The molecule has 0 aromatic rings. The van der Waals surface area contributed by atoms with Gasteiger partial charge in [0.2, 0.25) is 5.91 Å². The molecule has 2 aliphatic heterocycles. The summed E-state index contributed by atoms with van der Waals surface area (Å²) in [5.41, 5.74) is -0.133. The van der Waals surface area contributed by atoms with Crippen molar-refractivity contribution in [3.8, 4) is 0 Å². The highest BCUT2D eigenvalue weighted by atomic mass is 32.2. The first-order valence-corrected chi connectivity index (χ1v) is 9.50. The Morgan fingerprint density at radius 3 is 2.73 bits per heavy atom. The Kier molecular flexibility index (Phi) is 8.13. The Morgan fingerprint density at radius 1 is 1.27 bits per heavy atom. The Labute approximate surface area is 155 Å². The molecule has 0 aromatic carbocycles. The summed E-state index contributed by atoms with van der Waals surface area (Å²) in [6, 6.07) is 0. The van der Waals surface area contributed by atoms with Gasteiger partial charge < -0.3 is 15.5 Å². The number of thioether (sulfide) groups is 1. The van der Waals surface area contributed by atoms with Crippen LogP contribution in [0.2, 0.25) is 0 Å². The highest BCUT2D eigenvalue weighted by Crippen LogP contribution is 2.13. The largest absolute Gasteiger partial charge is 0.361 e. The highest BCUT2D eigenvalue weighted by Gasteiger charge is 2.32. The molecule has 2 aliphatic rings. The number of hydroxylamine groups is 2. The number of hydrogen-bond donors (Lipinski definition) is 2. The summed E-state index contributed by atoms with van der Waals surface area (Å²) >= 11 is 1.40. The first-order chi connectivity index (χ1) is 12.6. The predicted octanol–water partition coefficient (Wildman–Crippen LogP) is 0.475. The zero-order valence-corrected chi connectivity index (χ0v) is 15.1. The number of carbonyl (C=O) groups is 4. The molecule has 10 heteroatoms. The molecule has 0 aromatic heterocycles. The van der Waals surface area contributed by atoms with Crippen molar-refractivity contribution in [2.75, 3.05) is 12.3 Å². The molecule has 2 heterocycles. The van der Waals surface area contributed by atoms with Crippen LogP contribution in [0.4, 0.5) is 0 Å². The second-order valence-corrected chi connectivity index (χ2v) is 6.76. The molecule has 2 N–H and O–H groups in total. The summed E-state index contributed by atoms with van der Waals surface area (Å²) in [6.45, 7) is 0.527. The van der Waals surface area contributed by atoms with Gasteiger partial charge in [0.05, 0.1) is 5.75 Å². The molecule has 142 valence electrons. The van der Waals surface area contributed by atoms with Crippen LogP contribution in [0.5, 0.6) is 0 Å². The summed E-state index contributed by atoms with van der Waals surface area (Å²) in [7, 11) is 0. The van der Waals surface area contributed by atoms with Gasteiger partial charge in [0, 0.05) is 38.2 Å². The molecule has 0 spiro atoms.